The van der Waals surface area contributed by atoms with Crippen molar-refractivity contribution in [2.24, 2.45) is 7.05 Å². The van der Waals surface area contributed by atoms with Gasteiger partial charge in [0.25, 0.3) is 0 Å². The molecule has 3 aromatic rings. The van der Waals surface area contributed by atoms with Crippen LogP contribution in [0.4, 0.5) is 0 Å². The Morgan fingerprint density at radius 3 is 2.28 bits per heavy atom. The highest BCUT2D eigenvalue weighted by atomic mass is 35.5. The van der Waals surface area contributed by atoms with E-state index in [1.54, 1.807) is 19.1 Å². The van der Waals surface area contributed by atoms with Crippen LogP contribution in [0.3, 0.4) is 0 Å². The largest absolute Gasteiger partial charge is 0.497 e. The fraction of sp³-hybridized carbons (Fsp3) is 0.227. The summed E-state index contributed by atoms with van der Waals surface area (Å²) in [5, 5.41) is 4.04. The van der Waals surface area contributed by atoms with Crippen LogP contribution in [0.5, 0.6) is 11.6 Å². The first kappa shape index (κ1) is 23.5. The highest BCUT2D eigenvalue weighted by molar-refractivity contribution is 7.90. The molecular weight excluding hydrogens is 456 g/mol. The van der Waals surface area contributed by atoms with Gasteiger partial charge in [-0.3, -0.25) is 4.79 Å². The molecule has 0 atom stereocenters. The number of halogens is 1. The molecule has 3 rings (SSSR count). The molecule has 10 heteroatoms. The van der Waals surface area contributed by atoms with Crippen LogP contribution in [0, 0.1) is 13.8 Å². The van der Waals surface area contributed by atoms with E-state index >= 15 is 0 Å². The van der Waals surface area contributed by atoms with Gasteiger partial charge in [0.1, 0.15) is 11.3 Å². The van der Waals surface area contributed by atoms with Gasteiger partial charge in [0.15, 0.2) is 9.84 Å². The SMILES string of the molecule is COc1ccc(C(=O)Oc2c(C(=O)c3cc(C)c(S(C)(=O)=O)c(C)c3Cl)cnn2C)cc1. The topological polar surface area (TPSA) is 105 Å². The van der Waals surface area contributed by atoms with Gasteiger partial charge in [0, 0.05) is 18.9 Å². The Balaban J connectivity index is 2.00. The molecule has 0 radical (unpaired) electrons. The lowest BCUT2D eigenvalue weighted by Crippen LogP contribution is -2.14. The van der Waals surface area contributed by atoms with Crippen LogP contribution in [-0.4, -0.2) is 43.3 Å². The minimum Gasteiger partial charge on any atom is -0.497 e. The van der Waals surface area contributed by atoms with Crippen LogP contribution in [0.2, 0.25) is 5.02 Å². The molecule has 8 nitrogen and oxygen atoms in total. The van der Waals surface area contributed by atoms with E-state index in [1.165, 1.54) is 50.2 Å². The van der Waals surface area contributed by atoms with Crippen LogP contribution < -0.4 is 9.47 Å². The number of hydrogen-bond acceptors (Lipinski definition) is 7. The van der Waals surface area contributed by atoms with Gasteiger partial charge in [-0.2, -0.15) is 5.10 Å². The molecule has 0 aliphatic heterocycles. The minimum absolute atomic E-state index is 0.0114. The summed E-state index contributed by atoms with van der Waals surface area (Å²) < 4.78 is 36.0. The quantitative estimate of drug-likeness (QED) is 0.395. The lowest BCUT2D eigenvalue weighted by Gasteiger charge is -2.14. The molecule has 0 bridgehead atoms. The van der Waals surface area contributed by atoms with Crippen LogP contribution >= 0.6 is 11.6 Å². The molecule has 2 aromatic carbocycles. The molecule has 0 saturated carbocycles. The molecule has 0 aliphatic rings. The molecule has 1 heterocycles. The van der Waals surface area contributed by atoms with Gasteiger partial charge in [-0.25, -0.2) is 17.9 Å². The number of benzene rings is 2. The van der Waals surface area contributed by atoms with E-state index in [0.29, 0.717) is 11.3 Å². The standard InChI is InChI=1S/C22H21ClN2O6S/c1-12-10-16(18(23)13(2)20(12)32(5,28)29)19(26)17-11-24-25(3)21(17)31-22(27)14-6-8-15(30-4)9-7-14/h6-11H,1-5H3. The van der Waals surface area contributed by atoms with Crippen LogP contribution in [-0.2, 0) is 16.9 Å². The van der Waals surface area contributed by atoms with Gasteiger partial charge in [-0.15, -0.1) is 0 Å². The van der Waals surface area contributed by atoms with E-state index in [0.717, 1.165) is 6.26 Å². The Morgan fingerprint density at radius 2 is 1.72 bits per heavy atom. The average molecular weight is 477 g/mol. The number of aromatic nitrogens is 2. The van der Waals surface area contributed by atoms with Crippen molar-refractivity contribution in [3.05, 3.63) is 69.4 Å². The number of rotatable bonds is 6. The Labute approximate surface area is 190 Å². The van der Waals surface area contributed by atoms with Crippen molar-refractivity contribution in [2.45, 2.75) is 18.7 Å². The van der Waals surface area contributed by atoms with Crippen molar-refractivity contribution in [1.29, 1.82) is 0 Å². The van der Waals surface area contributed by atoms with E-state index in [1.807, 2.05) is 0 Å². The Kier molecular flexibility index (Phi) is 6.43. The average Bonchev–Trinajstić information content (AvgIpc) is 3.09. The lowest BCUT2D eigenvalue weighted by molar-refractivity contribution is 0.0718. The number of aryl methyl sites for hydroxylation is 2. The molecule has 1 aromatic heterocycles. The third-order valence-corrected chi connectivity index (χ3v) is 6.74. The molecule has 0 fully saturated rings. The maximum Gasteiger partial charge on any atom is 0.344 e. The van der Waals surface area contributed by atoms with Crippen molar-refractivity contribution < 1.29 is 27.5 Å². The number of carbonyl (C=O) groups excluding carboxylic acids is 2. The second-order valence-electron chi connectivity index (χ2n) is 7.22. The second kappa shape index (κ2) is 8.76. The predicted molar refractivity (Wildman–Crippen MR) is 119 cm³/mol. The molecule has 0 aliphatic carbocycles. The normalized spacial score (nSPS) is 11.3. The van der Waals surface area contributed by atoms with Crippen LogP contribution in [0.15, 0.2) is 41.4 Å². The van der Waals surface area contributed by atoms with E-state index in [4.69, 9.17) is 21.1 Å². The summed E-state index contributed by atoms with van der Waals surface area (Å²) in [6.45, 7) is 3.13. The summed E-state index contributed by atoms with van der Waals surface area (Å²) >= 11 is 6.38. The summed E-state index contributed by atoms with van der Waals surface area (Å²) in [4.78, 5) is 26.0. The predicted octanol–water partition coefficient (Wildman–Crippen LogP) is 3.55. The first-order valence-corrected chi connectivity index (χ1v) is 11.6. The van der Waals surface area contributed by atoms with Crippen LogP contribution in [0.25, 0.3) is 0 Å². The van der Waals surface area contributed by atoms with Crippen molar-refractivity contribution in [3.63, 3.8) is 0 Å². The molecule has 0 unspecified atom stereocenters. The lowest BCUT2D eigenvalue weighted by atomic mass is 10.0. The summed E-state index contributed by atoms with van der Waals surface area (Å²) in [5.41, 5.74) is 1.02. The molecule has 168 valence electrons. The minimum atomic E-state index is -3.54. The van der Waals surface area contributed by atoms with Gasteiger partial charge < -0.3 is 9.47 Å². The summed E-state index contributed by atoms with van der Waals surface area (Å²) in [6.07, 6.45) is 2.35. The van der Waals surface area contributed by atoms with Gasteiger partial charge in [-0.05, 0) is 55.3 Å². The van der Waals surface area contributed by atoms with Gasteiger partial charge in [0.05, 0.1) is 28.8 Å². The first-order chi connectivity index (χ1) is 15.0. The molecule has 0 amide bonds. The highest BCUT2D eigenvalue weighted by Crippen LogP contribution is 2.33. The zero-order chi connectivity index (χ0) is 23.8. The van der Waals surface area contributed by atoms with E-state index < -0.39 is 21.6 Å². The Hall–Kier alpha value is -3.17. The molecule has 0 N–H and O–H groups in total. The summed E-state index contributed by atoms with van der Waals surface area (Å²) in [6, 6.07) is 7.70. The second-order valence-corrected chi connectivity index (χ2v) is 9.55. The molecule has 0 saturated heterocycles. The third-order valence-electron chi connectivity index (χ3n) is 4.88. The fourth-order valence-electron chi connectivity index (χ4n) is 3.40. The Bertz CT molecular complexity index is 1330. The Morgan fingerprint density at radius 1 is 1.09 bits per heavy atom. The molecule has 0 spiro atoms. The monoisotopic (exact) mass is 476 g/mol. The number of nitrogens with zero attached hydrogens (tertiary/aromatic N) is 2. The first-order valence-electron chi connectivity index (χ1n) is 9.38. The number of methoxy groups -OCH3 is 1. The summed E-state index contributed by atoms with van der Waals surface area (Å²) in [5.74, 6) is -0.715. The fourth-order valence-corrected chi connectivity index (χ4v) is 4.99. The molecular formula is C22H21ClN2O6S. The van der Waals surface area contributed by atoms with E-state index in [2.05, 4.69) is 5.10 Å². The number of sulfone groups is 1. The number of ketones is 1. The van der Waals surface area contributed by atoms with E-state index in [-0.39, 0.29) is 38.1 Å². The number of hydrogen-bond donors (Lipinski definition) is 0. The van der Waals surface area contributed by atoms with E-state index in [9.17, 15) is 18.0 Å². The smallest absolute Gasteiger partial charge is 0.344 e. The number of esters is 1. The molecule has 32 heavy (non-hydrogen) atoms. The van der Waals surface area contributed by atoms with Crippen LogP contribution in [0.1, 0.15) is 37.4 Å². The third kappa shape index (κ3) is 4.39. The van der Waals surface area contributed by atoms with Crippen molar-refractivity contribution in [1.82, 2.24) is 9.78 Å². The zero-order valence-electron chi connectivity index (χ0n) is 18.1. The van der Waals surface area contributed by atoms with Gasteiger partial charge >= 0.3 is 5.97 Å². The van der Waals surface area contributed by atoms with Gasteiger partial charge in [-0.1, -0.05) is 11.6 Å². The van der Waals surface area contributed by atoms with Gasteiger partial charge in [0.2, 0.25) is 11.7 Å². The maximum atomic E-state index is 13.3. The van der Waals surface area contributed by atoms with Crippen molar-refractivity contribution in [2.75, 3.05) is 13.4 Å². The van der Waals surface area contributed by atoms with Crippen molar-refractivity contribution >= 4 is 33.2 Å². The number of ether oxygens (including phenoxy) is 2. The number of carbonyl (C=O) groups is 2. The highest BCUT2D eigenvalue weighted by Gasteiger charge is 2.27. The van der Waals surface area contributed by atoms with Crippen molar-refractivity contribution in [3.8, 4) is 11.6 Å². The zero-order valence-corrected chi connectivity index (χ0v) is 19.7. The maximum absolute atomic E-state index is 13.3. The summed E-state index contributed by atoms with van der Waals surface area (Å²) in [7, 11) is -0.502.